The van der Waals surface area contributed by atoms with Gasteiger partial charge in [0.05, 0.1) is 18.1 Å². The standard InChI is InChI=1S/C16H14N2O2/c17-11-6-12-18-16(19)14-9-4-5-10-15(14)20-13-7-2-1-3-8-13/h1-5,7-10H,6,12H2,(H,18,19). The number of benzene rings is 2. The van der Waals surface area contributed by atoms with E-state index in [1.54, 1.807) is 18.2 Å². The van der Waals surface area contributed by atoms with Crippen LogP contribution in [-0.2, 0) is 0 Å². The number of nitrogens with one attached hydrogen (secondary N) is 1. The van der Waals surface area contributed by atoms with E-state index in [0.717, 1.165) is 0 Å². The molecule has 0 aromatic heterocycles. The Labute approximate surface area is 117 Å². The molecule has 0 radical (unpaired) electrons. The zero-order valence-electron chi connectivity index (χ0n) is 10.9. The third-order valence-corrected chi connectivity index (χ3v) is 2.63. The second-order valence-corrected chi connectivity index (χ2v) is 4.08. The van der Waals surface area contributed by atoms with Crippen LogP contribution in [0.5, 0.6) is 11.5 Å². The minimum atomic E-state index is -0.244. The molecule has 1 amide bonds. The van der Waals surface area contributed by atoms with Gasteiger partial charge in [0.1, 0.15) is 11.5 Å². The molecule has 0 unspecified atom stereocenters. The molecule has 20 heavy (non-hydrogen) atoms. The number of hydrogen-bond donors (Lipinski definition) is 1. The Kier molecular flexibility index (Phi) is 4.74. The third kappa shape index (κ3) is 3.59. The first-order chi connectivity index (χ1) is 9.81. The number of rotatable bonds is 5. The second kappa shape index (κ2) is 6.95. The Morgan fingerprint density at radius 1 is 1.10 bits per heavy atom. The van der Waals surface area contributed by atoms with Crippen LogP contribution in [0.15, 0.2) is 54.6 Å². The van der Waals surface area contributed by atoms with Gasteiger partial charge in [0.25, 0.3) is 5.91 Å². The monoisotopic (exact) mass is 266 g/mol. The van der Waals surface area contributed by atoms with E-state index in [-0.39, 0.29) is 12.3 Å². The number of carbonyl (C=O) groups excluding carboxylic acids is 1. The third-order valence-electron chi connectivity index (χ3n) is 2.63. The molecule has 100 valence electrons. The van der Waals surface area contributed by atoms with Gasteiger partial charge in [-0.25, -0.2) is 0 Å². The number of amides is 1. The Morgan fingerprint density at radius 2 is 1.80 bits per heavy atom. The van der Waals surface area contributed by atoms with Crippen LogP contribution in [0.25, 0.3) is 0 Å². The Balaban J connectivity index is 2.14. The van der Waals surface area contributed by atoms with E-state index >= 15 is 0 Å². The smallest absolute Gasteiger partial charge is 0.255 e. The Morgan fingerprint density at radius 3 is 2.55 bits per heavy atom. The van der Waals surface area contributed by atoms with Crippen LogP contribution < -0.4 is 10.1 Å². The van der Waals surface area contributed by atoms with Crippen molar-refractivity contribution in [2.45, 2.75) is 6.42 Å². The number of nitriles is 1. The van der Waals surface area contributed by atoms with Crippen molar-refractivity contribution in [1.29, 1.82) is 5.26 Å². The van der Waals surface area contributed by atoms with Gasteiger partial charge in [0.15, 0.2) is 0 Å². The van der Waals surface area contributed by atoms with Gasteiger partial charge in [-0.15, -0.1) is 0 Å². The maximum atomic E-state index is 12.0. The molecular weight excluding hydrogens is 252 g/mol. The van der Waals surface area contributed by atoms with Crippen molar-refractivity contribution < 1.29 is 9.53 Å². The summed E-state index contributed by atoms with van der Waals surface area (Å²) in [7, 11) is 0. The molecular formula is C16H14N2O2. The normalized spacial score (nSPS) is 9.55. The number of para-hydroxylation sites is 2. The topological polar surface area (TPSA) is 62.1 Å². The van der Waals surface area contributed by atoms with Crippen LogP contribution in [0.1, 0.15) is 16.8 Å². The van der Waals surface area contributed by atoms with Crippen molar-refractivity contribution in [3.63, 3.8) is 0 Å². The molecule has 0 bridgehead atoms. The zero-order valence-corrected chi connectivity index (χ0v) is 10.9. The molecule has 2 rings (SSSR count). The van der Waals surface area contributed by atoms with Gasteiger partial charge in [-0.1, -0.05) is 30.3 Å². The first-order valence-corrected chi connectivity index (χ1v) is 6.28. The van der Waals surface area contributed by atoms with E-state index in [1.165, 1.54) is 0 Å². The largest absolute Gasteiger partial charge is 0.457 e. The lowest BCUT2D eigenvalue weighted by Gasteiger charge is -2.10. The lowest BCUT2D eigenvalue weighted by molar-refractivity contribution is 0.0952. The molecule has 0 saturated heterocycles. The average Bonchev–Trinajstić information content (AvgIpc) is 2.49. The molecule has 0 aliphatic heterocycles. The second-order valence-electron chi connectivity index (χ2n) is 4.08. The number of ether oxygens (including phenoxy) is 1. The predicted octanol–water partition coefficient (Wildman–Crippen LogP) is 3.12. The summed E-state index contributed by atoms with van der Waals surface area (Å²) in [4.78, 5) is 12.0. The molecule has 4 heteroatoms. The van der Waals surface area contributed by atoms with Gasteiger partial charge in [-0.05, 0) is 24.3 Å². The van der Waals surface area contributed by atoms with E-state index in [1.807, 2.05) is 42.5 Å². The lowest BCUT2D eigenvalue weighted by atomic mass is 10.2. The molecule has 0 heterocycles. The van der Waals surface area contributed by atoms with Crippen LogP contribution in [0.4, 0.5) is 0 Å². The Bertz CT molecular complexity index is 618. The van der Waals surface area contributed by atoms with Gasteiger partial charge in [-0.3, -0.25) is 4.79 Å². The molecule has 0 fully saturated rings. The molecule has 0 aliphatic carbocycles. The van der Waals surface area contributed by atoms with Gasteiger partial charge in [0.2, 0.25) is 0 Å². The highest BCUT2D eigenvalue weighted by atomic mass is 16.5. The SMILES string of the molecule is N#CCCNC(=O)c1ccccc1Oc1ccccc1. The summed E-state index contributed by atoms with van der Waals surface area (Å²) in [6.45, 7) is 0.328. The molecule has 0 spiro atoms. The van der Waals surface area contributed by atoms with Crippen molar-refractivity contribution in [1.82, 2.24) is 5.32 Å². The van der Waals surface area contributed by atoms with Crippen molar-refractivity contribution in [2.75, 3.05) is 6.54 Å². The minimum absolute atomic E-state index is 0.244. The number of hydrogen-bond acceptors (Lipinski definition) is 3. The molecule has 0 aliphatic rings. The highest BCUT2D eigenvalue weighted by molar-refractivity contribution is 5.97. The summed E-state index contributed by atoms with van der Waals surface area (Å²) in [6, 6.07) is 18.3. The minimum Gasteiger partial charge on any atom is -0.457 e. The lowest BCUT2D eigenvalue weighted by Crippen LogP contribution is -2.24. The zero-order chi connectivity index (χ0) is 14.2. The number of nitrogens with zero attached hydrogens (tertiary/aromatic N) is 1. The van der Waals surface area contributed by atoms with Crippen LogP contribution >= 0.6 is 0 Å². The molecule has 2 aromatic carbocycles. The summed E-state index contributed by atoms with van der Waals surface area (Å²) in [5.41, 5.74) is 0.453. The van der Waals surface area contributed by atoms with E-state index in [4.69, 9.17) is 10.00 Å². The summed E-state index contributed by atoms with van der Waals surface area (Å²) in [6.07, 6.45) is 0.285. The van der Waals surface area contributed by atoms with Crippen molar-refractivity contribution >= 4 is 5.91 Å². The van der Waals surface area contributed by atoms with E-state index in [9.17, 15) is 4.79 Å². The molecule has 0 saturated carbocycles. The molecule has 2 aromatic rings. The fourth-order valence-corrected chi connectivity index (χ4v) is 1.69. The first kappa shape index (κ1) is 13.6. The summed E-state index contributed by atoms with van der Waals surface area (Å²) >= 11 is 0. The summed E-state index contributed by atoms with van der Waals surface area (Å²) < 4.78 is 5.71. The highest BCUT2D eigenvalue weighted by Crippen LogP contribution is 2.24. The fraction of sp³-hybridized carbons (Fsp3) is 0.125. The van der Waals surface area contributed by atoms with Crippen LogP contribution in [-0.4, -0.2) is 12.5 Å². The maximum absolute atomic E-state index is 12.0. The quantitative estimate of drug-likeness (QED) is 0.846. The fourth-order valence-electron chi connectivity index (χ4n) is 1.69. The van der Waals surface area contributed by atoms with Crippen molar-refractivity contribution in [3.05, 3.63) is 60.2 Å². The van der Waals surface area contributed by atoms with E-state index in [0.29, 0.717) is 23.6 Å². The highest BCUT2D eigenvalue weighted by Gasteiger charge is 2.11. The van der Waals surface area contributed by atoms with Crippen LogP contribution in [0.3, 0.4) is 0 Å². The molecule has 0 atom stereocenters. The number of carbonyl (C=O) groups is 1. The summed E-state index contributed by atoms with van der Waals surface area (Å²) in [5.74, 6) is 0.921. The van der Waals surface area contributed by atoms with Crippen molar-refractivity contribution in [3.8, 4) is 17.6 Å². The predicted molar refractivity (Wildman–Crippen MR) is 75.5 cm³/mol. The van der Waals surface area contributed by atoms with E-state index in [2.05, 4.69) is 5.32 Å². The van der Waals surface area contributed by atoms with Crippen LogP contribution in [0, 0.1) is 11.3 Å². The Hall–Kier alpha value is -2.80. The molecule has 4 nitrogen and oxygen atoms in total. The van der Waals surface area contributed by atoms with Gasteiger partial charge >= 0.3 is 0 Å². The van der Waals surface area contributed by atoms with Crippen LogP contribution in [0.2, 0.25) is 0 Å². The molecule has 1 N–H and O–H groups in total. The van der Waals surface area contributed by atoms with E-state index < -0.39 is 0 Å². The average molecular weight is 266 g/mol. The maximum Gasteiger partial charge on any atom is 0.255 e. The first-order valence-electron chi connectivity index (χ1n) is 6.28. The van der Waals surface area contributed by atoms with Gasteiger partial charge in [0, 0.05) is 6.54 Å². The van der Waals surface area contributed by atoms with Crippen molar-refractivity contribution in [2.24, 2.45) is 0 Å². The van der Waals surface area contributed by atoms with Gasteiger partial charge in [-0.2, -0.15) is 5.26 Å². The van der Waals surface area contributed by atoms with Gasteiger partial charge < -0.3 is 10.1 Å². The summed E-state index contributed by atoms with van der Waals surface area (Å²) in [5, 5.41) is 11.2.